The van der Waals surface area contributed by atoms with Crippen molar-refractivity contribution >= 4 is 17.4 Å². The first-order valence-corrected chi connectivity index (χ1v) is 6.96. The largest absolute Gasteiger partial charge is 0.376 e. The number of carbonyl (C=O) groups is 1. The maximum atomic E-state index is 11.5. The monoisotopic (exact) mass is 270 g/mol. The van der Waals surface area contributed by atoms with E-state index in [1.807, 2.05) is 0 Å². The molecule has 7 heteroatoms. The molecule has 3 N–H and O–H groups in total. The van der Waals surface area contributed by atoms with Crippen LogP contribution in [0.1, 0.15) is 35.4 Å². The lowest BCUT2D eigenvalue weighted by atomic mass is 9.94. The summed E-state index contributed by atoms with van der Waals surface area (Å²) in [6, 6.07) is 0.336. The molecule has 1 heterocycles. The number of nitrogens with zero attached hydrogens (tertiary/aromatic N) is 2. The molecule has 0 saturated heterocycles. The van der Waals surface area contributed by atoms with Crippen LogP contribution < -0.4 is 11.1 Å². The first-order chi connectivity index (χ1) is 8.75. The smallest absolute Gasteiger partial charge is 0.264 e. The van der Waals surface area contributed by atoms with Crippen molar-refractivity contribution < 1.29 is 9.53 Å². The SMILES string of the molecule is NC1CCC(OCCNC(=O)c2cnns2)CC1. The van der Waals surface area contributed by atoms with E-state index in [0.717, 1.165) is 37.2 Å². The van der Waals surface area contributed by atoms with Gasteiger partial charge in [-0.2, -0.15) is 0 Å². The predicted molar refractivity (Wildman–Crippen MR) is 68.4 cm³/mol. The first-order valence-electron chi connectivity index (χ1n) is 6.18. The van der Waals surface area contributed by atoms with Crippen LogP contribution in [0.2, 0.25) is 0 Å². The van der Waals surface area contributed by atoms with E-state index in [4.69, 9.17) is 10.5 Å². The van der Waals surface area contributed by atoms with E-state index < -0.39 is 0 Å². The van der Waals surface area contributed by atoms with Gasteiger partial charge >= 0.3 is 0 Å². The lowest BCUT2D eigenvalue weighted by molar-refractivity contribution is 0.0268. The van der Waals surface area contributed by atoms with Crippen LogP contribution in [0.25, 0.3) is 0 Å². The summed E-state index contributed by atoms with van der Waals surface area (Å²) in [5, 5.41) is 6.39. The van der Waals surface area contributed by atoms with Crippen LogP contribution in [-0.4, -0.2) is 40.8 Å². The molecule has 18 heavy (non-hydrogen) atoms. The maximum Gasteiger partial charge on any atom is 0.264 e. The van der Waals surface area contributed by atoms with Gasteiger partial charge in [-0.25, -0.2) is 0 Å². The van der Waals surface area contributed by atoms with Gasteiger partial charge in [0.15, 0.2) is 0 Å². The summed E-state index contributed by atoms with van der Waals surface area (Å²) in [6.45, 7) is 1.05. The van der Waals surface area contributed by atoms with Gasteiger partial charge in [-0.1, -0.05) is 4.49 Å². The molecule has 1 amide bonds. The molecule has 1 saturated carbocycles. The highest BCUT2D eigenvalue weighted by molar-refractivity contribution is 7.07. The number of amides is 1. The molecule has 0 unspecified atom stereocenters. The van der Waals surface area contributed by atoms with E-state index >= 15 is 0 Å². The standard InChI is InChI=1S/C11H18N4O2S/c12-8-1-3-9(4-2-8)17-6-5-13-11(16)10-7-14-15-18-10/h7-9H,1-6,12H2,(H,13,16). The molecule has 0 radical (unpaired) electrons. The van der Waals surface area contributed by atoms with Crippen LogP contribution in [0.5, 0.6) is 0 Å². The fourth-order valence-corrected chi connectivity index (χ4v) is 2.43. The Hall–Kier alpha value is -1.05. The van der Waals surface area contributed by atoms with Crippen molar-refractivity contribution in [1.29, 1.82) is 0 Å². The van der Waals surface area contributed by atoms with Gasteiger partial charge in [-0.3, -0.25) is 4.79 Å². The van der Waals surface area contributed by atoms with E-state index in [1.165, 1.54) is 6.20 Å². The minimum atomic E-state index is -0.140. The average Bonchev–Trinajstić information content (AvgIpc) is 2.90. The third-order valence-corrected chi connectivity index (χ3v) is 3.71. The summed E-state index contributed by atoms with van der Waals surface area (Å²) in [5.74, 6) is -0.140. The fourth-order valence-electron chi connectivity index (χ4n) is 2.00. The zero-order chi connectivity index (χ0) is 12.8. The number of ether oxygens (including phenoxy) is 1. The van der Waals surface area contributed by atoms with E-state index in [-0.39, 0.29) is 5.91 Å². The Morgan fingerprint density at radius 1 is 1.50 bits per heavy atom. The van der Waals surface area contributed by atoms with Gasteiger partial charge in [0.2, 0.25) is 0 Å². The third-order valence-electron chi connectivity index (χ3n) is 3.05. The predicted octanol–water partition coefficient (Wildman–Crippen LogP) is 0.554. The van der Waals surface area contributed by atoms with Crippen molar-refractivity contribution in [2.45, 2.75) is 37.8 Å². The Balaban J connectivity index is 1.57. The molecule has 6 nitrogen and oxygen atoms in total. The zero-order valence-corrected chi connectivity index (χ0v) is 11.0. The molecular weight excluding hydrogens is 252 g/mol. The summed E-state index contributed by atoms with van der Waals surface area (Å²) in [5.41, 5.74) is 5.82. The Kier molecular flexibility index (Phi) is 5.03. The molecule has 0 aliphatic heterocycles. The van der Waals surface area contributed by atoms with Crippen molar-refractivity contribution in [3.63, 3.8) is 0 Å². The van der Waals surface area contributed by atoms with Crippen molar-refractivity contribution in [2.75, 3.05) is 13.2 Å². The molecule has 1 aromatic heterocycles. The molecule has 100 valence electrons. The van der Waals surface area contributed by atoms with E-state index in [9.17, 15) is 4.79 Å². The number of rotatable bonds is 5. The van der Waals surface area contributed by atoms with Crippen LogP contribution >= 0.6 is 11.5 Å². The van der Waals surface area contributed by atoms with Gasteiger partial charge in [0, 0.05) is 12.6 Å². The van der Waals surface area contributed by atoms with Crippen LogP contribution in [0.4, 0.5) is 0 Å². The summed E-state index contributed by atoms with van der Waals surface area (Å²) in [4.78, 5) is 12.1. The van der Waals surface area contributed by atoms with E-state index in [2.05, 4.69) is 14.9 Å². The molecule has 1 aliphatic carbocycles. The quantitative estimate of drug-likeness (QED) is 0.763. The molecule has 1 aliphatic rings. The van der Waals surface area contributed by atoms with Crippen LogP contribution in [0, 0.1) is 0 Å². The van der Waals surface area contributed by atoms with Gasteiger partial charge in [0.25, 0.3) is 5.91 Å². The van der Waals surface area contributed by atoms with Gasteiger partial charge in [-0.15, -0.1) is 5.10 Å². The van der Waals surface area contributed by atoms with Crippen molar-refractivity contribution in [1.82, 2.24) is 14.9 Å². The van der Waals surface area contributed by atoms with E-state index in [1.54, 1.807) is 0 Å². The lowest BCUT2D eigenvalue weighted by Crippen LogP contribution is -2.32. The van der Waals surface area contributed by atoms with Crippen molar-refractivity contribution in [3.05, 3.63) is 11.1 Å². The molecule has 2 rings (SSSR count). The highest BCUT2D eigenvalue weighted by Gasteiger charge is 2.18. The maximum absolute atomic E-state index is 11.5. The third kappa shape index (κ3) is 4.01. The zero-order valence-electron chi connectivity index (χ0n) is 10.2. The summed E-state index contributed by atoms with van der Waals surface area (Å²) >= 11 is 1.09. The Bertz CT molecular complexity index is 363. The second kappa shape index (κ2) is 6.77. The molecule has 1 aromatic rings. The molecule has 0 spiro atoms. The first kappa shape index (κ1) is 13.4. The van der Waals surface area contributed by atoms with Gasteiger partial charge in [0.05, 0.1) is 18.9 Å². The Morgan fingerprint density at radius 2 is 2.28 bits per heavy atom. The highest BCUT2D eigenvalue weighted by atomic mass is 32.1. The Morgan fingerprint density at radius 3 is 2.94 bits per heavy atom. The molecule has 1 fully saturated rings. The molecule has 0 atom stereocenters. The van der Waals surface area contributed by atoms with Crippen molar-refractivity contribution in [3.8, 4) is 0 Å². The Labute approximate surface area is 110 Å². The molecular formula is C11H18N4O2S. The number of carbonyl (C=O) groups excluding carboxylic acids is 1. The second-order valence-electron chi connectivity index (χ2n) is 4.45. The van der Waals surface area contributed by atoms with Gasteiger partial charge in [0.1, 0.15) is 4.88 Å². The fraction of sp³-hybridized carbons (Fsp3) is 0.727. The summed E-state index contributed by atoms with van der Waals surface area (Å²) in [6.07, 6.45) is 5.87. The second-order valence-corrected chi connectivity index (χ2v) is 5.23. The number of nitrogens with one attached hydrogen (secondary N) is 1. The minimum absolute atomic E-state index is 0.140. The number of hydrogen-bond donors (Lipinski definition) is 2. The normalized spacial score (nSPS) is 23.8. The van der Waals surface area contributed by atoms with Crippen LogP contribution in [-0.2, 0) is 4.74 Å². The summed E-state index contributed by atoms with van der Waals surface area (Å²) in [7, 11) is 0. The number of nitrogens with two attached hydrogens (primary N) is 1. The topological polar surface area (TPSA) is 90.1 Å². The van der Waals surface area contributed by atoms with Gasteiger partial charge in [-0.05, 0) is 37.2 Å². The molecule has 0 aromatic carbocycles. The highest BCUT2D eigenvalue weighted by Crippen LogP contribution is 2.19. The van der Waals surface area contributed by atoms with Gasteiger partial charge < -0.3 is 15.8 Å². The van der Waals surface area contributed by atoms with Crippen LogP contribution in [0.15, 0.2) is 6.20 Å². The molecule has 0 bridgehead atoms. The van der Waals surface area contributed by atoms with E-state index in [0.29, 0.717) is 30.2 Å². The number of aromatic nitrogens is 2. The summed E-state index contributed by atoms with van der Waals surface area (Å²) < 4.78 is 9.34. The average molecular weight is 270 g/mol. The number of hydrogen-bond acceptors (Lipinski definition) is 6. The van der Waals surface area contributed by atoms with Crippen LogP contribution in [0.3, 0.4) is 0 Å². The van der Waals surface area contributed by atoms with Crippen molar-refractivity contribution in [2.24, 2.45) is 5.73 Å². The lowest BCUT2D eigenvalue weighted by Gasteiger charge is -2.26. The minimum Gasteiger partial charge on any atom is -0.376 e.